The lowest BCUT2D eigenvalue weighted by Gasteiger charge is -1.97. The zero-order valence-corrected chi connectivity index (χ0v) is 7.48. The van der Waals surface area contributed by atoms with Gasteiger partial charge in [0.05, 0.1) is 12.0 Å². The number of hydrogen-bond acceptors (Lipinski definition) is 3. The maximum absolute atomic E-state index is 8.71. The minimum Gasteiger partial charge on any atom is -0.245 e. The molecule has 1 heterocycles. The Labute approximate surface area is 70.5 Å². The van der Waals surface area contributed by atoms with Crippen molar-refractivity contribution in [1.82, 2.24) is 4.98 Å². The zero-order valence-electron chi connectivity index (χ0n) is 6.66. The Morgan fingerprint density at radius 3 is 2.91 bits per heavy atom. The third-order valence-electron chi connectivity index (χ3n) is 1.50. The molecule has 1 atom stereocenters. The van der Waals surface area contributed by atoms with Gasteiger partial charge in [0.2, 0.25) is 0 Å². The highest BCUT2D eigenvalue weighted by Gasteiger charge is 2.10. The highest BCUT2D eigenvalue weighted by atomic mass is 32.1. The van der Waals surface area contributed by atoms with Gasteiger partial charge >= 0.3 is 0 Å². The summed E-state index contributed by atoms with van der Waals surface area (Å²) >= 11 is 1.57. The second-order valence-corrected chi connectivity index (χ2v) is 3.31. The summed E-state index contributed by atoms with van der Waals surface area (Å²) in [4.78, 5) is 4.25. The fraction of sp³-hybridized carbons (Fsp3) is 0.500. The number of aryl methyl sites for hydroxylation is 1. The van der Waals surface area contributed by atoms with Crippen LogP contribution in [0, 0.1) is 18.3 Å². The van der Waals surface area contributed by atoms with Crippen LogP contribution < -0.4 is 0 Å². The second kappa shape index (κ2) is 3.49. The molecule has 0 fully saturated rings. The molecule has 0 aliphatic carbocycles. The van der Waals surface area contributed by atoms with Crippen LogP contribution in [0.3, 0.4) is 0 Å². The third-order valence-corrected chi connectivity index (χ3v) is 2.58. The van der Waals surface area contributed by atoms with E-state index in [1.165, 1.54) is 0 Å². The second-order valence-electron chi connectivity index (χ2n) is 2.42. The number of nitrogens with zero attached hydrogens (tertiary/aromatic N) is 2. The quantitative estimate of drug-likeness (QED) is 0.676. The first-order valence-electron chi connectivity index (χ1n) is 3.59. The molecule has 0 aliphatic rings. The van der Waals surface area contributed by atoms with Crippen molar-refractivity contribution in [3.05, 3.63) is 16.1 Å². The van der Waals surface area contributed by atoms with Gasteiger partial charge < -0.3 is 0 Å². The van der Waals surface area contributed by atoms with Crippen molar-refractivity contribution in [3.63, 3.8) is 0 Å². The molecule has 0 radical (unpaired) electrons. The van der Waals surface area contributed by atoms with Gasteiger partial charge in [-0.15, -0.1) is 11.3 Å². The van der Waals surface area contributed by atoms with Crippen LogP contribution in [0.15, 0.2) is 5.38 Å². The standard InChI is InChI=1S/C8H10N2S/c1-3-7(4-9)8-10-6(2)5-11-8/h5,7H,3H2,1-2H3. The third kappa shape index (κ3) is 1.78. The van der Waals surface area contributed by atoms with Gasteiger partial charge in [0, 0.05) is 11.1 Å². The maximum Gasteiger partial charge on any atom is 0.110 e. The molecule has 0 aromatic carbocycles. The van der Waals surface area contributed by atoms with Gasteiger partial charge in [-0.1, -0.05) is 6.92 Å². The molecule has 0 saturated carbocycles. The molecule has 1 rings (SSSR count). The van der Waals surface area contributed by atoms with Crippen LogP contribution in [0.4, 0.5) is 0 Å². The maximum atomic E-state index is 8.71. The van der Waals surface area contributed by atoms with Crippen LogP contribution in [-0.2, 0) is 0 Å². The van der Waals surface area contributed by atoms with Crippen molar-refractivity contribution in [2.45, 2.75) is 26.2 Å². The van der Waals surface area contributed by atoms with E-state index in [2.05, 4.69) is 11.1 Å². The average Bonchev–Trinajstić information content (AvgIpc) is 2.39. The van der Waals surface area contributed by atoms with Crippen molar-refractivity contribution in [2.24, 2.45) is 0 Å². The molecule has 0 spiro atoms. The van der Waals surface area contributed by atoms with Gasteiger partial charge in [-0.05, 0) is 13.3 Å². The van der Waals surface area contributed by atoms with Crippen molar-refractivity contribution in [3.8, 4) is 6.07 Å². The highest BCUT2D eigenvalue weighted by Crippen LogP contribution is 2.21. The number of aromatic nitrogens is 1. The van der Waals surface area contributed by atoms with Crippen molar-refractivity contribution in [1.29, 1.82) is 5.26 Å². The van der Waals surface area contributed by atoms with Gasteiger partial charge in [-0.25, -0.2) is 4.98 Å². The van der Waals surface area contributed by atoms with Gasteiger partial charge in [-0.3, -0.25) is 0 Å². The molecular weight excluding hydrogens is 156 g/mol. The van der Waals surface area contributed by atoms with Crippen LogP contribution in [0.25, 0.3) is 0 Å². The molecule has 1 aromatic rings. The van der Waals surface area contributed by atoms with Crippen molar-refractivity contribution >= 4 is 11.3 Å². The molecule has 58 valence electrons. The van der Waals surface area contributed by atoms with E-state index >= 15 is 0 Å². The fourth-order valence-corrected chi connectivity index (χ4v) is 1.78. The van der Waals surface area contributed by atoms with E-state index in [1.807, 2.05) is 19.2 Å². The molecule has 3 heteroatoms. The Kier molecular flexibility index (Phi) is 2.61. The van der Waals surface area contributed by atoms with Gasteiger partial charge in [0.25, 0.3) is 0 Å². The van der Waals surface area contributed by atoms with Crippen LogP contribution >= 0.6 is 11.3 Å². The summed E-state index contributed by atoms with van der Waals surface area (Å²) in [6, 6.07) is 2.23. The van der Waals surface area contributed by atoms with Crippen LogP contribution in [0.1, 0.15) is 30.0 Å². The van der Waals surface area contributed by atoms with Crippen LogP contribution in [0.5, 0.6) is 0 Å². The Bertz CT molecular complexity index is 272. The number of hydrogen-bond donors (Lipinski definition) is 0. The van der Waals surface area contributed by atoms with Gasteiger partial charge in [-0.2, -0.15) is 5.26 Å². The lowest BCUT2D eigenvalue weighted by atomic mass is 10.1. The van der Waals surface area contributed by atoms with E-state index in [-0.39, 0.29) is 5.92 Å². The Morgan fingerprint density at radius 1 is 1.82 bits per heavy atom. The molecular formula is C8H10N2S. The van der Waals surface area contributed by atoms with E-state index in [4.69, 9.17) is 5.26 Å². The normalized spacial score (nSPS) is 12.5. The summed E-state index contributed by atoms with van der Waals surface area (Å²) in [5.41, 5.74) is 1.01. The molecule has 1 aromatic heterocycles. The van der Waals surface area contributed by atoms with E-state index in [1.54, 1.807) is 11.3 Å². The van der Waals surface area contributed by atoms with E-state index in [9.17, 15) is 0 Å². The van der Waals surface area contributed by atoms with Gasteiger partial charge in [0.15, 0.2) is 0 Å². The summed E-state index contributed by atoms with van der Waals surface area (Å²) in [6.07, 6.45) is 0.851. The minimum atomic E-state index is -0.00583. The zero-order chi connectivity index (χ0) is 8.27. The first-order valence-corrected chi connectivity index (χ1v) is 4.47. The smallest absolute Gasteiger partial charge is 0.110 e. The monoisotopic (exact) mass is 166 g/mol. The molecule has 0 bridgehead atoms. The first kappa shape index (κ1) is 8.22. The predicted molar refractivity (Wildman–Crippen MR) is 45.5 cm³/mol. The lowest BCUT2D eigenvalue weighted by Crippen LogP contribution is -1.91. The van der Waals surface area contributed by atoms with Crippen LogP contribution in [-0.4, -0.2) is 4.98 Å². The van der Waals surface area contributed by atoms with Crippen molar-refractivity contribution in [2.75, 3.05) is 0 Å². The minimum absolute atomic E-state index is 0.00583. The molecule has 0 amide bonds. The van der Waals surface area contributed by atoms with E-state index < -0.39 is 0 Å². The molecule has 2 nitrogen and oxygen atoms in total. The summed E-state index contributed by atoms with van der Waals surface area (Å²) in [6.45, 7) is 3.95. The van der Waals surface area contributed by atoms with Gasteiger partial charge in [0.1, 0.15) is 5.01 Å². The number of nitriles is 1. The van der Waals surface area contributed by atoms with E-state index in [0.29, 0.717) is 0 Å². The summed E-state index contributed by atoms with van der Waals surface area (Å²) < 4.78 is 0. The summed E-state index contributed by atoms with van der Waals surface area (Å²) in [7, 11) is 0. The first-order chi connectivity index (χ1) is 5.27. The number of thiazole rings is 1. The topological polar surface area (TPSA) is 36.7 Å². The number of rotatable bonds is 2. The molecule has 0 saturated heterocycles. The Morgan fingerprint density at radius 2 is 2.55 bits per heavy atom. The largest absolute Gasteiger partial charge is 0.245 e. The van der Waals surface area contributed by atoms with Crippen LogP contribution in [0.2, 0.25) is 0 Å². The van der Waals surface area contributed by atoms with Crippen molar-refractivity contribution < 1.29 is 0 Å². The molecule has 11 heavy (non-hydrogen) atoms. The predicted octanol–water partition coefficient (Wildman–Crippen LogP) is 2.47. The molecule has 1 unspecified atom stereocenters. The Hall–Kier alpha value is -0.880. The average molecular weight is 166 g/mol. The van der Waals surface area contributed by atoms with E-state index in [0.717, 1.165) is 17.1 Å². The fourth-order valence-electron chi connectivity index (χ4n) is 0.853. The lowest BCUT2D eigenvalue weighted by molar-refractivity contribution is 0.806. The molecule has 0 N–H and O–H groups in total. The SMILES string of the molecule is CCC(C#N)c1nc(C)cs1. The Balaban J connectivity index is 2.84. The summed E-state index contributed by atoms with van der Waals surface area (Å²) in [5, 5.41) is 11.6. The summed E-state index contributed by atoms with van der Waals surface area (Å²) in [5.74, 6) is -0.00583. The highest BCUT2D eigenvalue weighted by molar-refractivity contribution is 7.09. The molecule has 0 aliphatic heterocycles.